The Morgan fingerprint density at radius 2 is 1.86 bits per heavy atom. The number of rotatable bonds is 5. The Hall–Kier alpha value is -2.52. The lowest BCUT2D eigenvalue weighted by Crippen LogP contribution is -2.48. The van der Waals surface area contributed by atoms with Gasteiger partial charge in [-0.15, -0.1) is 10.2 Å². The molecule has 7 nitrogen and oxygen atoms in total. The topological polar surface area (TPSA) is 71.3 Å². The number of hydrogen-bond donors (Lipinski definition) is 0. The monoisotopic (exact) mass is 499 g/mol. The van der Waals surface area contributed by atoms with Crippen LogP contribution < -0.4 is 4.90 Å². The van der Waals surface area contributed by atoms with Crippen molar-refractivity contribution in [2.75, 3.05) is 18.0 Å². The molecule has 3 heterocycles. The molecule has 188 valence electrons. The van der Waals surface area contributed by atoms with E-state index in [1.165, 1.54) is 4.31 Å². The zero-order valence-electron chi connectivity index (χ0n) is 20.5. The molecule has 0 N–H and O–H groups in total. The number of benzene rings is 1. The number of piperidine rings is 1. The molecule has 0 saturated carbocycles. The van der Waals surface area contributed by atoms with E-state index in [4.69, 9.17) is 0 Å². The second kappa shape index (κ2) is 9.50. The smallest absolute Gasteiger partial charge is 0.221 e. The summed E-state index contributed by atoms with van der Waals surface area (Å²) in [4.78, 5) is 2.19. The van der Waals surface area contributed by atoms with E-state index < -0.39 is 15.3 Å². The second-order valence-electron chi connectivity index (χ2n) is 10.3. The molecule has 0 bridgehead atoms. The van der Waals surface area contributed by atoms with E-state index >= 15 is 4.39 Å². The number of sulfonamides is 1. The highest BCUT2D eigenvalue weighted by molar-refractivity contribution is 7.90. The van der Waals surface area contributed by atoms with Crippen molar-refractivity contribution in [3.8, 4) is 0 Å². The SMILES string of the molecule is C[C@H]1CCC(C2=CCCC=C2)S(=O)(=O)N1Cc1ccc(N2CCC(C)(n3cnnc3)CC2)cc1F. The van der Waals surface area contributed by atoms with E-state index in [0.29, 0.717) is 12.0 Å². The van der Waals surface area contributed by atoms with E-state index in [1.54, 1.807) is 24.8 Å². The zero-order chi connectivity index (χ0) is 24.6. The number of allylic oxidation sites excluding steroid dienone is 3. The van der Waals surface area contributed by atoms with E-state index in [2.05, 4.69) is 26.6 Å². The number of nitrogens with zero attached hydrogens (tertiary/aromatic N) is 5. The fourth-order valence-electron chi connectivity index (χ4n) is 5.57. The van der Waals surface area contributed by atoms with Gasteiger partial charge in [0, 0.05) is 42.5 Å². The summed E-state index contributed by atoms with van der Waals surface area (Å²) < 4.78 is 45.9. The van der Waals surface area contributed by atoms with Crippen LogP contribution in [0.3, 0.4) is 0 Å². The van der Waals surface area contributed by atoms with Crippen molar-refractivity contribution in [3.63, 3.8) is 0 Å². The van der Waals surface area contributed by atoms with E-state index in [9.17, 15) is 8.42 Å². The zero-order valence-corrected chi connectivity index (χ0v) is 21.3. The summed E-state index contributed by atoms with van der Waals surface area (Å²) in [5, 5.41) is 7.33. The van der Waals surface area contributed by atoms with Crippen molar-refractivity contribution in [1.82, 2.24) is 19.1 Å². The van der Waals surface area contributed by atoms with Crippen LogP contribution in [0.25, 0.3) is 0 Å². The molecule has 0 radical (unpaired) electrons. The van der Waals surface area contributed by atoms with Gasteiger partial charge in [0.15, 0.2) is 0 Å². The third-order valence-electron chi connectivity index (χ3n) is 8.03. The molecule has 2 aliphatic heterocycles. The Bertz CT molecular complexity index is 1220. The molecule has 1 aromatic carbocycles. The van der Waals surface area contributed by atoms with Gasteiger partial charge in [-0.2, -0.15) is 4.31 Å². The molecular weight excluding hydrogens is 465 g/mol. The van der Waals surface area contributed by atoms with E-state index in [1.807, 2.05) is 31.2 Å². The van der Waals surface area contributed by atoms with Crippen LogP contribution in [0.1, 0.15) is 57.9 Å². The maximum atomic E-state index is 15.3. The van der Waals surface area contributed by atoms with Crippen molar-refractivity contribution < 1.29 is 12.8 Å². The molecule has 9 heteroatoms. The summed E-state index contributed by atoms with van der Waals surface area (Å²) in [5.74, 6) is -0.351. The summed E-state index contributed by atoms with van der Waals surface area (Å²) in [6, 6.07) is 5.08. The van der Waals surface area contributed by atoms with Crippen molar-refractivity contribution in [2.24, 2.45) is 0 Å². The molecule has 2 saturated heterocycles. The van der Waals surface area contributed by atoms with Gasteiger partial charge in [-0.1, -0.05) is 24.3 Å². The third-order valence-corrected chi connectivity index (χ3v) is 10.4. The Kier molecular flexibility index (Phi) is 6.57. The molecule has 2 atom stereocenters. The van der Waals surface area contributed by atoms with Gasteiger partial charge in [0.1, 0.15) is 23.7 Å². The standard InChI is InChI=1S/C26H34FN5O2S/c1-20-8-11-25(21-6-4-3-5-7-21)35(33,34)32(20)17-22-9-10-23(16-24(22)27)30-14-12-26(2,13-15-30)31-18-28-29-19-31/h4,6-7,9-10,16,18-20,25H,3,5,8,11-15,17H2,1-2H3/t20-,25?/m0/s1. The average Bonchev–Trinajstić information content (AvgIpc) is 3.40. The maximum Gasteiger partial charge on any atom is 0.221 e. The molecule has 1 unspecified atom stereocenters. The van der Waals surface area contributed by atoms with E-state index in [0.717, 1.165) is 56.5 Å². The van der Waals surface area contributed by atoms with Crippen molar-refractivity contribution in [1.29, 1.82) is 0 Å². The minimum Gasteiger partial charge on any atom is -0.371 e. The Morgan fingerprint density at radius 1 is 1.11 bits per heavy atom. The van der Waals surface area contributed by atoms with Crippen LogP contribution in [0.15, 0.2) is 54.7 Å². The first-order valence-corrected chi connectivity index (χ1v) is 14.0. The van der Waals surface area contributed by atoms with Gasteiger partial charge in [0.25, 0.3) is 0 Å². The molecule has 2 fully saturated rings. The third kappa shape index (κ3) is 4.68. The van der Waals surface area contributed by atoms with Gasteiger partial charge in [0.05, 0.1) is 0 Å². The van der Waals surface area contributed by atoms with Crippen LogP contribution >= 0.6 is 0 Å². The van der Waals surface area contributed by atoms with Gasteiger partial charge < -0.3 is 9.47 Å². The highest BCUT2D eigenvalue weighted by Gasteiger charge is 2.41. The maximum absolute atomic E-state index is 15.3. The summed E-state index contributed by atoms with van der Waals surface area (Å²) in [6.45, 7) is 5.79. The lowest BCUT2D eigenvalue weighted by atomic mass is 9.89. The Labute approximate surface area is 207 Å². The summed E-state index contributed by atoms with van der Waals surface area (Å²) in [5.41, 5.74) is 2.09. The van der Waals surface area contributed by atoms with E-state index in [-0.39, 0.29) is 23.9 Å². The van der Waals surface area contributed by atoms with Gasteiger partial charge >= 0.3 is 0 Å². The lowest BCUT2D eigenvalue weighted by Gasteiger charge is -2.41. The van der Waals surface area contributed by atoms with Gasteiger partial charge in [0.2, 0.25) is 10.0 Å². The van der Waals surface area contributed by atoms with Crippen LogP contribution in [-0.4, -0.2) is 51.9 Å². The first-order chi connectivity index (χ1) is 16.8. The highest BCUT2D eigenvalue weighted by Crippen LogP contribution is 2.35. The van der Waals surface area contributed by atoms with Crippen LogP contribution in [0, 0.1) is 5.82 Å². The Balaban J connectivity index is 1.30. The van der Waals surface area contributed by atoms with Crippen LogP contribution in [0.5, 0.6) is 0 Å². The van der Waals surface area contributed by atoms with Crippen LogP contribution in [-0.2, 0) is 22.1 Å². The molecule has 1 aromatic heterocycles. The predicted octanol–water partition coefficient (Wildman–Crippen LogP) is 4.39. The number of halogens is 1. The molecule has 1 aliphatic carbocycles. The molecule has 0 amide bonds. The Morgan fingerprint density at radius 3 is 2.51 bits per heavy atom. The van der Waals surface area contributed by atoms with Crippen molar-refractivity contribution >= 4 is 15.7 Å². The molecule has 3 aliphatic rings. The summed E-state index contributed by atoms with van der Waals surface area (Å²) >= 11 is 0. The first kappa shape index (κ1) is 24.2. The highest BCUT2D eigenvalue weighted by atomic mass is 32.2. The van der Waals surface area contributed by atoms with Gasteiger partial charge in [-0.05, 0) is 70.1 Å². The molecule has 2 aromatic rings. The van der Waals surface area contributed by atoms with Crippen LogP contribution in [0.2, 0.25) is 0 Å². The number of aromatic nitrogens is 3. The number of hydrogen-bond acceptors (Lipinski definition) is 5. The van der Waals surface area contributed by atoms with Crippen molar-refractivity contribution in [3.05, 3.63) is 66.0 Å². The molecule has 0 spiro atoms. The van der Waals surface area contributed by atoms with Gasteiger partial charge in [-0.3, -0.25) is 0 Å². The minimum absolute atomic E-state index is 0.0449. The first-order valence-electron chi connectivity index (χ1n) is 12.5. The van der Waals surface area contributed by atoms with Gasteiger partial charge in [-0.25, -0.2) is 12.8 Å². The minimum atomic E-state index is -3.57. The van der Waals surface area contributed by atoms with Crippen LogP contribution in [0.4, 0.5) is 10.1 Å². The summed E-state index contributed by atoms with van der Waals surface area (Å²) in [6.07, 6.45) is 14.6. The molecular formula is C26H34FN5O2S. The average molecular weight is 500 g/mol. The fraction of sp³-hybridized carbons (Fsp3) is 0.538. The number of anilines is 1. The molecule has 5 rings (SSSR count). The summed E-state index contributed by atoms with van der Waals surface area (Å²) in [7, 11) is -3.57. The van der Waals surface area contributed by atoms with Crippen molar-refractivity contribution in [2.45, 2.75) is 75.7 Å². The second-order valence-corrected chi connectivity index (χ2v) is 12.4. The lowest BCUT2D eigenvalue weighted by molar-refractivity contribution is 0.247. The fourth-order valence-corrected chi connectivity index (χ4v) is 7.78. The predicted molar refractivity (Wildman–Crippen MR) is 135 cm³/mol. The normalized spacial score (nSPS) is 26.5. The molecule has 35 heavy (non-hydrogen) atoms. The largest absolute Gasteiger partial charge is 0.371 e. The quantitative estimate of drug-likeness (QED) is 0.610.